The molecule has 52 heavy (non-hydrogen) atoms. The lowest BCUT2D eigenvalue weighted by molar-refractivity contribution is 0.752. The molecule has 2 aliphatic rings. The number of anilines is 3. The average molecular weight is 664 g/mol. The summed E-state index contributed by atoms with van der Waals surface area (Å²) in [7, 11) is 0. The molecule has 0 atom stereocenters. The topological polar surface area (TPSA) is 65.7 Å². The summed E-state index contributed by atoms with van der Waals surface area (Å²) in [5.41, 5.74) is 12.8. The molecule has 0 radical (unpaired) electrons. The highest BCUT2D eigenvalue weighted by Crippen LogP contribution is 2.63. The highest BCUT2D eigenvalue weighted by atomic mass is 15.2. The number of fused-ring (bicyclic) bond motifs is 9. The van der Waals surface area contributed by atoms with Crippen LogP contribution in [0.4, 0.5) is 17.1 Å². The minimum atomic E-state index is -0.544. The van der Waals surface area contributed by atoms with Gasteiger partial charge in [-0.3, -0.25) is 0 Å². The summed E-state index contributed by atoms with van der Waals surface area (Å²) in [4.78, 5) is 17.5. The number of aromatic nitrogens is 3. The second kappa shape index (κ2) is 11.7. The molecule has 5 heteroatoms. The van der Waals surface area contributed by atoms with Gasteiger partial charge in [-0.05, 0) is 63.7 Å². The number of nitrogens with zero attached hydrogens (tertiary/aromatic N) is 5. The number of benzene rings is 7. The third kappa shape index (κ3) is 4.31. The van der Waals surface area contributed by atoms with Gasteiger partial charge in [-0.25, -0.2) is 15.0 Å². The first-order valence-electron chi connectivity index (χ1n) is 17.4. The second-order valence-electron chi connectivity index (χ2n) is 13.1. The van der Waals surface area contributed by atoms with Gasteiger partial charge in [-0.15, -0.1) is 0 Å². The summed E-state index contributed by atoms with van der Waals surface area (Å²) in [6.07, 6.45) is 0. The third-order valence-electron chi connectivity index (χ3n) is 10.4. The highest BCUT2D eigenvalue weighted by Gasteiger charge is 2.51. The fourth-order valence-corrected chi connectivity index (χ4v) is 8.23. The van der Waals surface area contributed by atoms with Crippen molar-refractivity contribution < 1.29 is 0 Å². The lowest BCUT2D eigenvalue weighted by Gasteiger charge is -2.45. The quantitative estimate of drug-likeness (QED) is 0.187. The van der Waals surface area contributed by atoms with Gasteiger partial charge >= 0.3 is 0 Å². The first-order valence-corrected chi connectivity index (χ1v) is 17.4. The Kier molecular flexibility index (Phi) is 6.70. The molecule has 10 rings (SSSR count). The van der Waals surface area contributed by atoms with Crippen LogP contribution in [0.2, 0.25) is 0 Å². The fraction of sp³-hybridized carbons (Fsp3) is 0.0213. The molecular formula is C47H29N5. The summed E-state index contributed by atoms with van der Waals surface area (Å²) >= 11 is 0. The monoisotopic (exact) mass is 663 g/mol. The van der Waals surface area contributed by atoms with Crippen molar-refractivity contribution in [1.29, 1.82) is 5.26 Å². The molecule has 1 aromatic heterocycles. The van der Waals surface area contributed by atoms with Crippen LogP contribution in [0.5, 0.6) is 0 Å². The van der Waals surface area contributed by atoms with Gasteiger partial charge in [0.25, 0.3) is 0 Å². The minimum absolute atomic E-state index is 0.527. The van der Waals surface area contributed by atoms with Crippen molar-refractivity contribution in [3.8, 4) is 51.4 Å². The van der Waals surface area contributed by atoms with E-state index in [2.05, 4.69) is 108 Å². The maximum atomic E-state index is 10.3. The highest BCUT2D eigenvalue weighted by molar-refractivity contribution is 5.98. The summed E-state index contributed by atoms with van der Waals surface area (Å²) in [6.45, 7) is 0. The summed E-state index contributed by atoms with van der Waals surface area (Å²) < 4.78 is 0. The van der Waals surface area contributed by atoms with Gasteiger partial charge in [0, 0.05) is 16.7 Å². The Morgan fingerprint density at radius 2 is 0.846 bits per heavy atom. The Morgan fingerprint density at radius 1 is 0.404 bits per heavy atom. The molecule has 0 saturated carbocycles. The molecule has 0 N–H and O–H groups in total. The lowest BCUT2D eigenvalue weighted by Crippen LogP contribution is -2.36. The van der Waals surface area contributed by atoms with Crippen molar-refractivity contribution in [2.24, 2.45) is 0 Å². The molecular weight excluding hydrogens is 635 g/mol. The summed E-state index contributed by atoms with van der Waals surface area (Å²) in [5, 5.41) is 10.3. The molecule has 5 nitrogen and oxygen atoms in total. The lowest BCUT2D eigenvalue weighted by atomic mass is 9.64. The second-order valence-corrected chi connectivity index (χ2v) is 13.1. The standard InChI is InChI=1S/C47H29N5/c48-30-31-27-28-36(46-50-44(32-15-3-1-4-16-32)49-45(51-46)33-17-5-2-6-18-33)43(29-31)52-41-25-13-11-23-39(41)47(40-24-12-14-26-42(40)52)37-21-9-7-19-34(37)35-20-8-10-22-38(35)47/h1-29H. The van der Waals surface area contributed by atoms with Gasteiger partial charge in [0.05, 0.1) is 34.1 Å². The van der Waals surface area contributed by atoms with Crippen LogP contribution in [0.1, 0.15) is 27.8 Å². The van der Waals surface area contributed by atoms with E-state index in [1.807, 2.05) is 78.9 Å². The van der Waals surface area contributed by atoms with Gasteiger partial charge in [0.1, 0.15) is 0 Å². The van der Waals surface area contributed by atoms with Crippen molar-refractivity contribution in [2.45, 2.75) is 5.41 Å². The molecule has 2 heterocycles. The number of nitriles is 1. The van der Waals surface area contributed by atoms with E-state index < -0.39 is 5.41 Å². The Labute approximate surface area is 301 Å². The van der Waals surface area contributed by atoms with E-state index in [1.54, 1.807) is 0 Å². The van der Waals surface area contributed by atoms with Crippen LogP contribution < -0.4 is 4.90 Å². The molecule has 0 amide bonds. The predicted molar refractivity (Wildman–Crippen MR) is 206 cm³/mol. The SMILES string of the molecule is N#Cc1ccc(-c2nc(-c3ccccc3)nc(-c3ccccc3)n2)c(N2c3ccccc3C3(c4ccccc4-c4ccccc43)c3ccccc32)c1. The van der Waals surface area contributed by atoms with Crippen molar-refractivity contribution in [3.05, 3.63) is 204 Å². The molecule has 8 aromatic rings. The zero-order valence-electron chi connectivity index (χ0n) is 28.0. The average Bonchev–Trinajstić information content (AvgIpc) is 3.52. The maximum Gasteiger partial charge on any atom is 0.166 e. The summed E-state index contributed by atoms with van der Waals surface area (Å²) in [6, 6.07) is 63.1. The van der Waals surface area contributed by atoms with Crippen LogP contribution in [-0.4, -0.2) is 15.0 Å². The van der Waals surface area contributed by atoms with Gasteiger partial charge in [0.15, 0.2) is 17.5 Å². The molecule has 1 spiro atoms. The number of para-hydroxylation sites is 2. The number of hydrogen-bond acceptors (Lipinski definition) is 5. The molecule has 0 unspecified atom stereocenters. The maximum absolute atomic E-state index is 10.3. The third-order valence-corrected chi connectivity index (χ3v) is 10.4. The summed E-state index contributed by atoms with van der Waals surface area (Å²) in [5.74, 6) is 1.69. The van der Waals surface area contributed by atoms with Crippen molar-refractivity contribution in [2.75, 3.05) is 4.90 Å². The smallest absolute Gasteiger partial charge is 0.166 e. The largest absolute Gasteiger partial charge is 0.309 e. The van der Waals surface area contributed by atoms with Gasteiger partial charge < -0.3 is 4.90 Å². The zero-order chi connectivity index (χ0) is 34.6. The molecule has 0 saturated heterocycles. The van der Waals surface area contributed by atoms with E-state index in [0.29, 0.717) is 23.0 Å². The molecule has 1 aliphatic heterocycles. The Morgan fingerprint density at radius 3 is 1.37 bits per heavy atom. The van der Waals surface area contributed by atoms with E-state index in [4.69, 9.17) is 15.0 Å². The first kappa shape index (κ1) is 29.7. The normalized spacial score (nSPS) is 13.1. The predicted octanol–water partition coefficient (Wildman–Crippen LogP) is 10.9. The molecule has 7 aromatic carbocycles. The van der Waals surface area contributed by atoms with Crippen LogP contribution in [0, 0.1) is 11.3 Å². The number of rotatable bonds is 4. The van der Waals surface area contributed by atoms with Crippen molar-refractivity contribution >= 4 is 17.1 Å². The molecule has 1 aliphatic carbocycles. The van der Waals surface area contributed by atoms with Gasteiger partial charge in [-0.1, -0.05) is 146 Å². The zero-order valence-corrected chi connectivity index (χ0v) is 28.0. The van der Waals surface area contributed by atoms with Gasteiger partial charge in [-0.2, -0.15) is 5.26 Å². The Hall–Kier alpha value is -7.16. The van der Waals surface area contributed by atoms with E-state index in [0.717, 1.165) is 33.8 Å². The van der Waals surface area contributed by atoms with Crippen LogP contribution in [0.3, 0.4) is 0 Å². The first-order chi connectivity index (χ1) is 25.8. The fourth-order valence-electron chi connectivity index (χ4n) is 8.23. The molecule has 0 bridgehead atoms. The van der Waals surface area contributed by atoms with Crippen LogP contribution >= 0.6 is 0 Å². The molecule has 0 fully saturated rings. The number of hydrogen-bond donors (Lipinski definition) is 0. The van der Waals surface area contributed by atoms with E-state index in [9.17, 15) is 5.26 Å². The molecule has 242 valence electrons. The minimum Gasteiger partial charge on any atom is -0.309 e. The van der Waals surface area contributed by atoms with Gasteiger partial charge in [0.2, 0.25) is 0 Å². The van der Waals surface area contributed by atoms with Crippen molar-refractivity contribution in [3.63, 3.8) is 0 Å². The van der Waals surface area contributed by atoms with E-state index in [1.165, 1.54) is 33.4 Å². The van der Waals surface area contributed by atoms with Crippen LogP contribution in [0.15, 0.2) is 176 Å². The van der Waals surface area contributed by atoms with E-state index in [-0.39, 0.29) is 0 Å². The van der Waals surface area contributed by atoms with Crippen molar-refractivity contribution in [1.82, 2.24) is 15.0 Å². The van der Waals surface area contributed by atoms with Crippen LogP contribution in [0.25, 0.3) is 45.3 Å². The van der Waals surface area contributed by atoms with E-state index >= 15 is 0 Å². The Bertz CT molecular complexity index is 2560. The Balaban J connectivity index is 1.27. The van der Waals surface area contributed by atoms with Crippen LogP contribution in [-0.2, 0) is 5.41 Å².